The van der Waals surface area contributed by atoms with Crippen LogP contribution in [0.25, 0.3) is 11.0 Å². The monoisotopic (exact) mass is 630 g/mol. The number of fused-ring (bicyclic) bond motifs is 5. The van der Waals surface area contributed by atoms with Crippen molar-refractivity contribution in [2.45, 2.75) is 109 Å². The number of alkyl carbamates (subject to hydrolysis) is 1. The summed E-state index contributed by atoms with van der Waals surface area (Å²) >= 11 is 0. The number of nitrogens with one attached hydrogen (secondary N) is 1. The zero-order valence-electron chi connectivity index (χ0n) is 26.8. The molecule has 2 aromatic rings. The molecule has 45 heavy (non-hydrogen) atoms. The van der Waals surface area contributed by atoms with Gasteiger partial charge in [0.15, 0.2) is 6.17 Å². The van der Waals surface area contributed by atoms with Crippen molar-refractivity contribution >= 4 is 29.3 Å². The number of ether oxygens (including phenoxy) is 3. The molecule has 2 aliphatic heterocycles. The lowest BCUT2D eigenvalue weighted by molar-refractivity contribution is -0.139. The van der Waals surface area contributed by atoms with Gasteiger partial charge in [-0.1, -0.05) is 34.1 Å². The van der Waals surface area contributed by atoms with Crippen molar-refractivity contribution in [1.29, 1.82) is 0 Å². The van der Waals surface area contributed by atoms with Gasteiger partial charge in [-0.15, -0.1) is 0 Å². The van der Waals surface area contributed by atoms with Crippen molar-refractivity contribution < 1.29 is 37.4 Å². The minimum Gasteiger partial charge on any atom is -0.497 e. The Balaban J connectivity index is 1.57. The normalized spacial score (nSPS) is 33.2. The maximum Gasteiger partial charge on any atom is 0.408 e. The van der Waals surface area contributed by atoms with E-state index in [4.69, 9.17) is 14.2 Å². The predicted octanol–water partition coefficient (Wildman–Crippen LogP) is 5.66. The van der Waals surface area contributed by atoms with Gasteiger partial charge in [0.1, 0.15) is 41.6 Å². The van der Waals surface area contributed by atoms with E-state index in [0.29, 0.717) is 42.3 Å². The molecule has 1 aliphatic carbocycles. The van der Waals surface area contributed by atoms with Crippen molar-refractivity contribution in [1.82, 2.24) is 20.2 Å². The van der Waals surface area contributed by atoms with Gasteiger partial charge < -0.3 is 29.2 Å². The molecule has 2 amide bonds. The average Bonchev–Trinajstić information content (AvgIpc) is 3.51. The fourth-order valence-corrected chi connectivity index (χ4v) is 6.98. The van der Waals surface area contributed by atoms with E-state index in [2.05, 4.69) is 15.3 Å². The van der Waals surface area contributed by atoms with Crippen molar-refractivity contribution in [3.05, 3.63) is 23.9 Å². The first-order valence-electron chi connectivity index (χ1n) is 15.8. The van der Waals surface area contributed by atoms with Gasteiger partial charge in [-0.3, -0.25) is 4.79 Å². The summed E-state index contributed by atoms with van der Waals surface area (Å²) in [7, 11) is 1.50. The Labute approximate surface area is 262 Å². The molecule has 5 rings (SSSR count). The molecule has 2 bridgehead atoms. The van der Waals surface area contributed by atoms with Crippen LogP contribution >= 0.6 is 0 Å². The van der Waals surface area contributed by atoms with Crippen molar-refractivity contribution in [3.63, 3.8) is 0 Å². The summed E-state index contributed by atoms with van der Waals surface area (Å²) in [6, 6.07) is 3.00. The van der Waals surface area contributed by atoms with Gasteiger partial charge in [0.2, 0.25) is 11.8 Å². The number of aromatic nitrogens is 2. The van der Waals surface area contributed by atoms with Crippen LogP contribution in [0.1, 0.15) is 85.0 Å². The summed E-state index contributed by atoms with van der Waals surface area (Å²) in [5, 5.41) is 2.80. The Morgan fingerprint density at radius 2 is 1.84 bits per heavy atom. The maximum absolute atomic E-state index is 16.0. The van der Waals surface area contributed by atoms with E-state index in [0.717, 1.165) is 12.8 Å². The molecule has 10 nitrogen and oxygen atoms in total. The maximum atomic E-state index is 16.0. The number of halogens is 2. The third-order valence-electron chi connectivity index (χ3n) is 9.81. The third-order valence-corrected chi connectivity index (χ3v) is 9.81. The summed E-state index contributed by atoms with van der Waals surface area (Å²) < 4.78 is 49.1. The molecule has 1 N–H and O–H groups in total. The second-order valence-corrected chi connectivity index (χ2v) is 14.0. The highest BCUT2D eigenvalue weighted by Crippen LogP contribution is 2.43. The zero-order valence-corrected chi connectivity index (χ0v) is 26.8. The minimum absolute atomic E-state index is 0.0419. The molecule has 1 aromatic heterocycles. The van der Waals surface area contributed by atoms with Crippen LogP contribution in [0, 0.1) is 17.3 Å². The number of nitrogens with zero attached hydrogens (tertiary/aromatic N) is 3. The number of alkyl halides is 2. The number of hydrogen-bond donors (Lipinski definition) is 1. The van der Waals surface area contributed by atoms with Crippen LogP contribution in [0.5, 0.6) is 11.6 Å². The standard InChI is InChI=1S/C33H44F2N4O6/c1-18-24(17-40)39-16-25(18)44-29-27(36-22-13-12-20(43-6)15-23(22)37-29)26(35)21(34)11-7-9-19-10-8-14-33(19,5)45-31(42)38-28(30(39)41)32(2,3)4/h12-13,15,17-19,21,24-26,28H,7-11,14,16H2,1-6H3,(H,38,42)/t18-,19+,21?,24+,25-,26?,28+,33+/m0/s1. The highest BCUT2D eigenvalue weighted by Gasteiger charge is 2.49. The van der Waals surface area contributed by atoms with E-state index in [-0.39, 0.29) is 30.5 Å². The van der Waals surface area contributed by atoms with Crippen molar-refractivity contribution in [2.24, 2.45) is 17.3 Å². The van der Waals surface area contributed by atoms with E-state index >= 15 is 8.78 Å². The molecule has 1 aromatic carbocycles. The largest absolute Gasteiger partial charge is 0.497 e. The first-order chi connectivity index (χ1) is 21.3. The number of rotatable bonds is 2. The number of aldehydes is 1. The molecule has 2 fully saturated rings. The van der Waals surface area contributed by atoms with Crippen molar-refractivity contribution in [3.8, 4) is 11.6 Å². The summed E-state index contributed by atoms with van der Waals surface area (Å²) in [5.41, 5.74) is -1.10. The van der Waals surface area contributed by atoms with Gasteiger partial charge in [-0.25, -0.2) is 23.5 Å². The van der Waals surface area contributed by atoms with Crippen LogP contribution in [0.15, 0.2) is 18.2 Å². The lowest BCUT2D eigenvalue weighted by Crippen LogP contribution is -2.57. The van der Waals surface area contributed by atoms with Crippen LogP contribution in [0.4, 0.5) is 13.6 Å². The van der Waals surface area contributed by atoms with Crippen LogP contribution in [-0.4, -0.2) is 76.8 Å². The van der Waals surface area contributed by atoms with Gasteiger partial charge in [0.05, 0.1) is 30.7 Å². The Hall–Kier alpha value is -3.57. The summed E-state index contributed by atoms with van der Waals surface area (Å²) in [6.07, 6.45) is -1.78. The first-order valence-corrected chi connectivity index (χ1v) is 15.8. The molecular formula is C33H44F2N4O6. The van der Waals surface area contributed by atoms with Crippen LogP contribution in [0.3, 0.4) is 0 Å². The highest BCUT2D eigenvalue weighted by atomic mass is 19.2. The topological polar surface area (TPSA) is 120 Å². The van der Waals surface area contributed by atoms with Gasteiger partial charge in [0.25, 0.3) is 0 Å². The molecule has 1 saturated carbocycles. The number of carbonyl (C=O) groups is 3. The molecule has 8 atom stereocenters. The van der Waals surface area contributed by atoms with E-state index < -0.39 is 59.5 Å². The fraction of sp³-hybridized carbons (Fsp3) is 0.667. The second kappa shape index (κ2) is 12.7. The van der Waals surface area contributed by atoms with Gasteiger partial charge >= 0.3 is 6.09 Å². The molecule has 12 heteroatoms. The second-order valence-electron chi connectivity index (χ2n) is 14.0. The number of hydrogen-bond acceptors (Lipinski definition) is 8. The number of benzene rings is 1. The lowest BCUT2D eigenvalue weighted by atomic mass is 9.85. The predicted molar refractivity (Wildman–Crippen MR) is 162 cm³/mol. The Morgan fingerprint density at radius 1 is 1.11 bits per heavy atom. The van der Waals surface area contributed by atoms with E-state index in [1.165, 1.54) is 12.0 Å². The smallest absolute Gasteiger partial charge is 0.408 e. The average molecular weight is 631 g/mol. The fourth-order valence-electron chi connectivity index (χ4n) is 6.98. The Bertz CT molecular complexity index is 1440. The summed E-state index contributed by atoms with van der Waals surface area (Å²) in [5.74, 6) is -0.743. The van der Waals surface area contributed by atoms with Gasteiger partial charge in [-0.2, -0.15) is 0 Å². The lowest BCUT2D eigenvalue weighted by Gasteiger charge is -2.37. The molecule has 3 aliphatic rings. The highest BCUT2D eigenvalue weighted by molar-refractivity contribution is 5.89. The van der Waals surface area contributed by atoms with E-state index in [9.17, 15) is 14.4 Å². The molecule has 3 heterocycles. The van der Waals surface area contributed by atoms with Gasteiger partial charge in [-0.05, 0) is 62.5 Å². The molecular weight excluding hydrogens is 586 g/mol. The number of amides is 2. The number of carbonyl (C=O) groups excluding carboxylic acids is 3. The quantitative estimate of drug-likeness (QED) is 0.422. The van der Waals surface area contributed by atoms with E-state index in [1.54, 1.807) is 25.1 Å². The summed E-state index contributed by atoms with van der Waals surface area (Å²) in [6.45, 7) is 9.04. The summed E-state index contributed by atoms with van der Waals surface area (Å²) in [4.78, 5) is 50.1. The zero-order chi connectivity index (χ0) is 32.7. The molecule has 0 radical (unpaired) electrons. The molecule has 0 spiro atoms. The van der Waals surface area contributed by atoms with Crippen molar-refractivity contribution in [2.75, 3.05) is 13.7 Å². The number of methoxy groups -OCH3 is 1. The van der Waals surface area contributed by atoms with Crippen LogP contribution in [-0.2, 0) is 14.3 Å². The first kappa shape index (κ1) is 32.8. The van der Waals surface area contributed by atoms with Gasteiger partial charge in [0, 0.05) is 12.0 Å². The molecule has 2 unspecified atom stereocenters. The minimum atomic E-state index is -2.13. The third kappa shape index (κ3) is 6.56. The Kier molecular flexibility index (Phi) is 9.24. The van der Waals surface area contributed by atoms with E-state index in [1.807, 2.05) is 27.7 Å². The Morgan fingerprint density at radius 3 is 2.53 bits per heavy atom. The molecule has 246 valence electrons. The van der Waals surface area contributed by atoms with Crippen LogP contribution in [0.2, 0.25) is 0 Å². The SMILES string of the molecule is COc1ccc2nc3c(nc2c1)O[C@H]1CN(C(=O)[C@H](C(C)(C)C)NC(=O)O[C@]2(C)CCC[C@H]2CCCC(F)C3F)[C@H](C=O)[C@@H]1C. The van der Waals surface area contributed by atoms with Crippen LogP contribution < -0.4 is 14.8 Å². The molecule has 1 saturated heterocycles.